The maximum absolute atomic E-state index is 10.9. The number of hydrogen-bond donors (Lipinski definition) is 7. The predicted octanol–water partition coefficient (Wildman–Crippen LogP) is -0.413. The number of imidazole rings is 1. The third-order valence-corrected chi connectivity index (χ3v) is 5.71. The standard InChI is InChI=1S/C18H22N5O10P/c1-31-15-8(9(24)2-3-10(15)25)4-19-16-12-17(21-6-20-16)23(7-22-12)18-14(27)13(26)11(33-18)5-32-34(28,29)30/h2-3,6-7,11,13-14,18,24-27H,4-5H2,1H3,(H,19,20,21)(H2,28,29,30)/t11-,13-,14-,18-/m1/s1. The molecule has 1 fully saturated rings. The molecule has 0 bridgehead atoms. The van der Waals surface area contributed by atoms with Crippen molar-refractivity contribution >= 4 is 24.8 Å². The number of aromatic hydroxyl groups is 2. The SMILES string of the molecule is COc1c(O)ccc(O)c1CNc1ncnc2c1ncn2[C@@H]1O[C@H](COP(=O)(O)O)[C@@H](O)[C@H]1O. The number of aliphatic hydroxyl groups excluding tert-OH is 2. The zero-order chi connectivity index (χ0) is 24.6. The van der Waals surface area contributed by atoms with Gasteiger partial charge in [-0.15, -0.1) is 0 Å². The first kappa shape index (κ1) is 24.1. The molecule has 0 spiro atoms. The van der Waals surface area contributed by atoms with Crippen LogP contribution in [0.3, 0.4) is 0 Å². The van der Waals surface area contributed by atoms with Crippen LogP contribution in [0.4, 0.5) is 5.82 Å². The number of hydrogen-bond acceptors (Lipinski definition) is 12. The largest absolute Gasteiger partial charge is 0.507 e. The maximum Gasteiger partial charge on any atom is 0.469 e. The van der Waals surface area contributed by atoms with Gasteiger partial charge in [-0.25, -0.2) is 19.5 Å². The van der Waals surface area contributed by atoms with E-state index in [0.717, 1.165) is 0 Å². The molecule has 34 heavy (non-hydrogen) atoms. The first-order chi connectivity index (χ1) is 16.1. The van der Waals surface area contributed by atoms with Crippen molar-refractivity contribution in [2.24, 2.45) is 0 Å². The molecule has 7 N–H and O–H groups in total. The van der Waals surface area contributed by atoms with E-state index in [4.69, 9.17) is 19.3 Å². The highest BCUT2D eigenvalue weighted by atomic mass is 31.2. The Bertz CT molecular complexity index is 1230. The van der Waals surface area contributed by atoms with Crippen LogP contribution in [0.1, 0.15) is 11.8 Å². The van der Waals surface area contributed by atoms with Crippen molar-refractivity contribution in [2.75, 3.05) is 19.0 Å². The topological polar surface area (TPSA) is 222 Å². The highest BCUT2D eigenvalue weighted by molar-refractivity contribution is 7.46. The molecule has 4 rings (SSSR count). The number of benzene rings is 1. The molecular weight excluding hydrogens is 477 g/mol. The van der Waals surface area contributed by atoms with Crippen molar-refractivity contribution in [3.05, 3.63) is 30.4 Å². The molecule has 2 aromatic heterocycles. The molecular formula is C18H22N5O10P. The summed E-state index contributed by atoms with van der Waals surface area (Å²) in [5, 5.41) is 43.7. The molecule has 0 amide bonds. The lowest BCUT2D eigenvalue weighted by Gasteiger charge is -2.17. The minimum atomic E-state index is -4.80. The molecule has 3 aromatic rings. The summed E-state index contributed by atoms with van der Waals surface area (Å²) in [7, 11) is -3.45. The number of phenols is 2. The van der Waals surface area contributed by atoms with E-state index in [-0.39, 0.29) is 46.3 Å². The molecule has 0 saturated carbocycles. The van der Waals surface area contributed by atoms with Crippen LogP contribution in [0.15, 0.2) is 24.8 Å². The fourth-order valence-corrected chi connectivity index (χ4v) is 3.95. The summed E-state index contributed by atoms with van der Waals surface area (Å²) in [5.41, 5.74) is 0.762. The lowest BCUT2D eigenvalue weighted by Crippen LogP contribution is -2.33. The molecule has 1 aromatic carbocycles. The Kier molecular flexibility index (Phi) is 6.60. The van der Waals surface area contributed by atoms with Gasteiger partial charge in [0.25, 0.3) is 0 Å². The normalized spacial score (nSPS) is 22.9. The maximum atomic E-state index is 10.9. The van der Waals surface area contributed by atoms with Crippen molar-refractivity contribution < 1.29 is 48.8 Å². The van der Waals surface area contributed by atoms with Gasteiger partial charge in [-0.2, -0.15) is 0 Å². The van der Waals surface area contributed by atoms with Gasteiger partial charge in [-0.3, -0.25) is 9.09 Å². The highest BCUT2D eigenvalue weighted by Gasteiger charge is 2.45. The zero-order valence-electron chi connectivity index (χ0n) is 17.6. The van der Waals surface area contributed by atoms with E-state index in [2.05, 4.69) is 24.8 Å². The fourth-order valence-electron chi connectivity index (χ4n) is 3.61. The van der Waals surface area contributed by atoms with Gasteiger partial charge in [0.1, 0.15) is 30.4 Å². The van der Waals surface area contributed by atoms with E-state index < -0.39 is 39.0 Å². The van der Waals surface area contributed by atoms with Crippen LogP contribution in [-0.2, 0) is 20.4 Å². The summed E-state index contributed by atoms with van der Waals surface area (Å²) in [6, 6.07) is 2.61. The first-order valence-electron chi connectivity index (χ1n) is 9.81. The number of nitrogens with zero attached hydrogens (tertiary/aromatic N) is 4. The molecule has 16 heteroatoms. The number of aliphatic hydroxyl groups is 2. The Morgan fingerprint density at radius 2 is 1.88 bits per heavy atom. The van der Waals surface area contributed by atoms with Crippen LogP contribution in [0.2, 0.25) is 0 Å². The Morgan fingerprint density at radius 3 is 2.59 bits per heavy atom. The smallest absolute Gasteiger partial charge is 0.469 e. The van der Waals surface area contributed by atoms with E-state index in [0.29, 0.717) is 0 Å². The van der Waals surface area contributed by atoms with E-state index in [1.54, 1.807) is 0 Å². The summed E-state index contributed by atoms with van der Waals surface area (Å²) in [5.74, 6) is 0.0711. The quantitative estimate of drug-likeness (QED) is 0.155. The minimum Gasteiger partial charge on any atom is -0.507 e. The molecule has 4 atom stereocenters. The second-order valence-corrected chi connectivity index (χ2v) is 8.59. The number of ether oxygens (including phenoxy) is 2. The van der Waals surface area contributed by atoms with Crippen LogP contribution in [0.5, 0.6) is 17.2 Å². The Morgan fingerprint density at radius 1 is 1.15 bits per heavy atom. The lowest BCUT2D eigenvalue weighted by atomic mass is 10.1. The fraction of sp³-hybridized carbons (Fsp3) is 0.389. The second kappa shape index (κ2) is 9.31. The number of methoxy groups -OCH3 is 1. The monoisotopic (exact) mass is 499 g/mol. The van der Waals surface area contributed by atoms with Crippen LogP contribution >= 0.6 is 7.82 Å². The van der Waals surface area contributed by atoms with E-state index in [1.165, 1.54) is 36.5 Å². The molecule has 184 valence electrons. The van der Waals surface area contributed by atoms with Crippen molar-refractivity contribution in [3.63, 3.8) is 0 Å². The van der Waals surface area contributed by atoms with Crippen LogP contribution in [0, 0.1) is 0 Å². The molecule has 0 unspecified atom stereocenters. The summed E-state index contributed by atoms with van der Waals surface area (Å²) >= 11 is 0. The van der Waals surface area contributed by atoms with E-state index >= 15 is 0 Å². The summed E-state index contributed by atoms with van der Waals surface area (Å²) in [4.78, 5) is 30.2. The van der Waals surface area contributed by atoms with Gasteiger partial charge in [-0.05, 0) is 12.1 Å². The zero-order valence-corrected chi connectivity index (χ0v) is 18.5. The van der Waals surface area contributed by atoms with Gasteiger partial charge in [0.2, 0.25) is 0 Å². The Labute approximate surface area is 191 Å². The second-order valence-electron chi connectivity index (χ2n) is 7.35. The van der Waals surface area contributed by atoms with Gasteiger partial charge in [0.05, 0.1) is 25.6 Å². The summed E-state index contributed by atoms with van der Waals surface area (Å²) in [6.45, 7) is -0.645. The van der Waals surface area contributed by atoms with Crippen molar-refractivity contribution in [3.8, 4) is 17.2 Å². The Hall–Kier alpha value is -3.04. The third-order valence-electron chi connectivity index (χ3n) is 5.23. The molecule has 1 saturated heterocycles. The van der Waals surface area contributed by atoms with Crippen molar-refractivity contribution in [2.45, 2.75) is 31.1 Å². The number of phosphoric ester groups is 1. The molecule has 15 nitrogen and oxygen atoms in total. The molecule has 3 heterocycles. The molecule has 1 aliphatic rings. The van der Waals surface area contributed by atoms with Crippen LogP contribution in [0.25, 0.3) is 11.2 Å². The van der Waals surface area contributed by atoms with Gasteiger partial charge in [0.15, 0.2) is 34.7 Å². The number of phenolic OH excluding ortho intramolecular Hbond substituents is 2. The Balaban J connectivity index is 1.57. The number of rotatable bonds is 8. The third kappa shape index (κ3) is 4.63. The van der Waals surface area contributed by atoms with E-state index in [9.17, 15) is 25.0 Å². The van der Waals surface area contributed by atoms with Gasteiger partial charge in [-0.1, -0.05) is 0 Å². The van der Waals surface area contributed by atoms with Crippen LogP contribution < -0.4 is 10.1 Å². The van der Waals surface area contributed by atoms with Gasteiger partial charge >= 0.3 is 7.82 Å². The van der Waals surface area contributed by atoms with Crippen LogP contribution in [-0.4, -0.2) is 81.8 Å². The predicted molar refractivity (Wildman–Crippen MR) is 113 cm³/mol. The lowest BCUT2D eigenvalue weighted by molar-refractivity contribution is -0.0504. The van der Waals surface area contributed by atoms with E-state index in [1.807, 2.05) is 0 Å². The average molecular weight is 499 g/mol. The summed E-state index contributed by atoms with van der Waals surface area (Å²) in [6.07, 6.45) is -2.84. The molecule has 0 aliphatic carbocycles. The van der Waals surface area contributed by atoms with Gasteiger partial charge < -0.3 is 45.0 Å². The molecule has 0 radical (unpaired) electrons. The van der Waals surface area contributed by atoms with Crippen molar-refractivity contribution in [1.82, 2.24) is 19.5 Å². The summed E-state index contributed by atoms with van der Waals surface area (Å²) < 4.78 is 27.4. The highest BCUT2D eigenvalue weighted by Crippen LogP contribution is 2.39. The number of anilines is 1. The van der Waals surface area contributed by atoms with Crippen molar-refractivity contribution in [1.29, 1.82) is 0 Å². The number of nitrogens with one attached hydrogen (secondary N) is 1. The average Bonchev–Trinajstić information content (AvgIpc) is 3.34. The number of aromatic nitrogens is 4. The number of fused-ring (bicyclic) bond motifs is 1. The molecule has 1 aliphatic heterocycles. The van der Waals surface area contributed by atoms with Gasteiger partial charge in [0, 0.05) is 6.54 Å². The number of phosphoric acid groups is 1. The minimum absolute atomic E-state index is 0.00539. The first-order valence-corrected chi connectivity index (χ1v) is 11.3.